The van der Waals surface area contributed by atoms with Gasteiger partial charge in [0.2, 0.25) is 0 Å². The Morgan fingerprint density at radius 1 is 1.16 bits per heavy atom. The molecule has 0 atom stereocenters. The smallest absolute Gasteiger partial charge is 0.263 e. The Balaban J connectivity index is 1.83. The summed E-state index contributed by atoms with van der Waals surface area (Å²) in [6.45, 7) is 1.33. The molecule has 4 N–H and O–H groups in total. The second kappa shape index (κ2) is 8.25. The average molecular weight is 492 g/mol. The molecule has 2 aromatic heterocycles. The van der Waals surface area contributed by atoms with Gasteiger partial charge in [-0.1, -0.05) is 41.4 Å². The van der Waals surface area contributed by atoms with Gasteiger partial charge in [-0.2, -0.15) is 0 Å². The molecule has 0 aliphatic carbocycles. The van der Waals surface area contributed by atoms with E-state index in [9.17, 15) is 13.5 Å². The van der Waals surface area contributed by atoms with E-state index in [1.165, 1.54) is 12.4 Å². The Labute approximate surface area is 194 Å². The molecular weight excluding hydrogens is 473 g/mol. The highest BCUT2D eigenvalue weighted by atomic mass is 35.5. The summed E-state index contributed by atoms with van der Waals surface area (Å²) in [4.78, 5) is 8.17. The Morgan fingerprint density at radius 3 is 2.62 bits per heavy atom. The zero-order valence-corrected chi connectivity index (χ0v) is 19.4. The van der Waals surface area contributed by atoms with Gasteiger partial charge in [0.15, 0.2) is 0 Å². The van der Waals surface area contributed by atoms with Gasteiger partial charge in [-0.25, -0.2) is 18.4 Å². The lowest BCUT2D eigenvalue weighted by molar-refractivity contribution is 0.281. The number of hydrogen-bond acceptors (Lipinski definition) is 6. The van der Waals surface area contributed by atoms with Gasteiger partial charge in [-0.05, 0) is 30.2 Å². The standard InChI is InChI=1S/C21H19Cl2N5O3S/c1-11-6-12(9-29)18(22)16(7-11)32(30,31)27-15-5-3-4-13(19(15)23)14-8-28(2)21-17(14)20(24)25-10-26-21/h3-8,10,27,29H,9H2,1-2H3,(H2,24,25,26). The van der Waals surface area contributed by atoms with Crippen molar-refractivity contribution in [2.24, 2.45) is 7.05 Å². The molecule has 0 aliphatic rings. The lowest BCUT2D eigenvalue weighted by Crippen LogP contribution is -2.15. The molecule has 0 amide bonds. The van der Waals surface area contributed by atoms with Crippen molar-refractivity contribution in [3.63, 3.8) is 0 Å². The van der Waals surface area contributed by atoms with Crippen molar-refractivity contribution >= 4 is 55.8 Å². The zero-order chi connectivity index (χ0) is 23.2. The van der Waals surface area contributed by atoms with Crippen LogP contribution in [0.1, 0.15) is 11.1 Å². The summed E-state index contributed by atoms with van der Waals surface area (Å²) in [6.07, 6.45) is 3.18. The van der Waals surface area contributed by atoms with Gasteiger partial charge in [0.25, 0.3) is 10.0 Å². The van der Waals surface area contributed by atoms with Crippen LogP contribution in [0, 0.1) is 6.92 Å². The highest BCUT2D eigenvalue weighted by Crippen LogP contribution is 2.40. The predicted molar refractivity (Wildman–Crippen MR) is 126 cm³/mol. The summed E-state index contributed by atoms with van der Waals surface area (Å²) in [6, 6.07) is 8.04. The van der Waals surface area contributed by atoms with Gasteiger partial charge in [-0.15, -0.1) is 0 Å². The van der Waals surface area contributed by atoms with E-state index >= 15 is 0 Å². The quantitative estimate of drug-likeness (QED) is 0.385. The number of hydrogen-bond donors (Lipinski definition) is 3. The number of nitrogens with two attached hydrogens (primary N) is 1. The van der Waals surface area contributed by atoms with Crippen molar-refractivity contribution in [2.45, 2.75) is 18.4 Å². The second-order valence-electron chi connectivity index (χ2n) is 7.28. The topological polar surface area (TPSA) is 123 Å². The Morgan fingerprint density at radius 2 is 1.91 bits per heavy atom. The van der Waals surface area contributed by atoms with E-state index in [1.54, 1.807) is 42.0 Å². The van der Waals surface area contributed by atoms with E-state index in [1.807, 2.05) is 7.05 Å². The van der Waals surface area contributed by atoms with Gasteiger partial charge in [0.1, 0.15) is 22.7 Å². The van der Waals surface area contributed by atoms with Crippen LogP contribution in [-0.2, 0) is 23.7 Å². The molecule has 2 aromatic carbocycles. The third-order valence-corrected chi connectivity index (χ3v) is 7.39. The van der Waals surface area contributed by atoms with Crippen LogP contribution in [0.2, 0.25) is 10.0 Å². The van der Waals surface area contributed by atoms with E-state index in [-0.39, 0.29) is 33.1 Å². The molecular formula is C21H19Cl2N5O3S. The molecule has 8 nitrogen and oxygen atoms in total. The number of aryl methyl sites for hydroxylation is 2. The minimum absolute atomic E-state index is 0.0446. The molecule has 0 spiro atoms. The fourth-order valence-electron chi connectivity index (χ4n) is 3.58. The molecule has 0 bridgehead atoms. The highest BCUT2D eigenvalue weighted by molar-refractivity contribution is 7.92. The highest BCUT2D eigenvalue weighted by Gasteiger charge is 2.23. The van der Waals surface area contributed by atoms with Gasteiger partial charge in [0.05, 0.1) is 27.7 Å². The van der Waals surface area contributed by atoms with Crippen molar-refractivity contribution in [3.05, 3.63) is 64.0 Å². The summed E-state index contributed by atoms with van der Waals surface area (Å²) in [5.41, 5.74) is 9.06. The number of nitrogens with one attached hydrogen (secondary N) is 1. The maximum absolute atomic E-state index is 13.1. The molecule has 0 aliphatic heterocycles. The number of aliphatic hydroxyl groups excluding tert-OH is 1. The average Bonchev–Trinajstić information content (AvgIpc) is 3.08. The Kier molecular flexibility index (Phi) is 5.76. The number of fused-ring (bicyclic) bond motifs is 1. The number of sulfonamides is 1. The summed E-state index contributed by atoms with van der Waals surface area (Å²) in [7, 11) is -2.28. The van der Waals surface area contributed by atoms with Crippen LogP contribution >= 0.6 is 23.2 Å². The Bertz CT molecular complexity index is 1470. The maximum atomic E-state index is 13.1. The molecule has 0 fully saturated rings. The largest absolute Gasteiger partial charge is 0.392 e. The fraction of sp³-hybridized carbons (Fsp3) is 0.143. The fourth-order valence-corrected chi connectivity index (χ4v) is 5.66. The monoisotopic (exact) mass is 491 g/mol. The van der Waals surface area contributed by atoms with Gasteiger partial charge < -0.3 is 15.4 Å². The van der Waals surface area contributed by atoms with Gasteiger partial charge in [-0.3, -0.25) is 4.72 Å². The molecule has 32 heavy (non-hydrogen) atoms. The molecule has 0 unspecified atom stereocenters. The molecule has 4 aromatic rings. The lowest BCUT2D eigenvalue weighted by Gasteiger charge is -2.15. The van der Waals surface area contributed by atoms with Crippen LogP contribution in [0.25, 0.3) is 22.2 Å². The normalized spacial score (nSPS) is 11.8. The van der Waals surface area contributed by atoms with Crippen LogP contribution in [0.4, 0.5) is 11.5 Å². The molecule has 11 heteroatoms. The number of aliphatic hydroxyl groups is 1. The van der Waals surface area contributed by atoms with E-state index in [2.05, 4.69) is 14.7 Å². The van der Waals surface area contributed by atoms with Crippen molar-refractivity contribution in [1.29, 1.82) is 0 Å². The first kappa shape index (κ1) is 22.3. The summed E-state index contributed by atoms with van der Waals surface area (Å²) in [5.74, 6) is 0.288. The molecule has 0 saturated carbocycles. The van der Waals surface area contributed by atoms with Crippen LogP contribution in [0.15, 0.2) is 47.8 Å². The SMILES string of the molecule is Cc1cc(CO)c(Cl)c(S(=O)(=O)Nc2cccc(-c3cn(C)c4ncnc(N)c34)c2Cl)c1. The number of nitrogens with zero attached hydrogens (tertiary/aromatic N) is 3. The minimum Gasteiger partial charge on any atom is -0.392 e. The minimum atomic E-state index is -4.10. The molecule has 0 saturated heterocycles. The van der Waals surface area contributed by atoms with Crippen molar-refractivity contribution in [1.82, 2.24) is 14.5 Å². The van der Waals surface area contributed by atoms with Gasteiger partial charge in [0, 0.05) is 24.4 Å². The second-order valence-corrected chi connectivity index (χ2v) is 9.68. The van der Waals surface area contributed by atoms with E-state index < -0.39 is 10.0 Å². The number of benzene rings is 2. The van der Waals surface area contributed by atoms with E-state index in [4.69, 9.17) is 28.9 Å². The van der Waals surface area contributed by atoms with E-state index in [0.717, 1.165) is 0 Å². The third-order valence-electron chi connectivity index (χ3n) is 5.03. The van der Waals surface area contributed by atoms with Crippen molar-refractivity contribution in [3.8, 4) is 11.1 Å². The first-order valence-electron chi connectivity index (χ1n) is 9.41. The van der Waals surface area contributed by atoms with Crippen LogP contribution in [-0.4, -0.2) is 28.1 Å². The number of halogens is 2. The van der Waals surface area contributed by atoms with Crippen LogP contribution in [0.5, 0.6) is 0 Å². The molecule has 2 heterocycles. The van der Waals surface area contributed by atoms with Crippen molar-refractivity contribution in [2.75, 3.05) is 10.5 Å². The molecule has 4 rings (SSSR count). The maximum Gasteiger partial charge on any atom is 0.263 e. The first-order valence-corrected chi connectivity index (χ1v) is 11.6. The van der Waals surface area contributed by atoms with Crippen LogP contribution in [0.3, 0.4) is 0 Å². The van der Waals surface area contributed by atoms with Crippen LogP contribution < -0.4 is 10.5 Å². The molecule has 166 valence electrons. The summed E-state index contributed by atoms with van der Waals surface area (Å²) < 4.78 is 30.6. The Hall–Kier alpha value is -2.85. The van der Waals surface area contributed by atoms with Crippen molar-refractivity contribution < 1.29 is 13.5 Å². The lowest BCUT2D eigenvalue weighted by atomic mass is 10.1. The van der Waals surface area contributed by atoms with E-state index in [0.29, 0.717) is 33.3 Å². The predicted octanol–water partition coefficient (Wildman–Crippen LogP) is 4.13. The number of nitrogen functional groups attached to an aromatic ring is 1. The summed E-state index contributed by atoms with van der Waals surface area (Å²) in [5, 5.41) is 10.2. The van der Waals surface area contributed by atoms with Gasteiger partial charge >= 0.3 is 0 Å². The third kappa shape index (κ3) is 3.77. The first-order chi connectivity index (χ1) is 15.1. The summed E-state index contributed by atoms with van der Waals surface area (Å²) >= 11 is 12.9. The molecule has 0 radical (unpaired) electrons. The zero-order valence-electron chi connectivity index (χ0n) is 17.1. The number of aromatic nitrogens is 3. The number of rotatable bonds is 5. The number of anilines is 2.